The zero-order valence-electron chi connectivity index (χ0n) is 20.6. The number of methoxy groups -OCH3 is 2. The molecule has 0 unspecified atom stereocenters. The van der Waals surface area contributed by atoms with E-state index in [4.69, 9.17) is 21.1 Å². The van der Waals surface area contributed by atoms with Gasteiger partial charge in [-0.1, -0.05) is 11.6 Å². The molecule has 3 heterocycles. The highest BCUT2D eigenvalue weighted by atomic mass is 35.5. The van der Waals surface area contributed by atoms with Gasteiger partial charge in [0.1, 0.15) is 11.5 Å². The molecule has 1 aliphatic heterocycles. The van der Waals surface area contributed by atoms with Gasteiger partial charge in [0.2, 0.25) is 5.95 Å². The van der Waals surface area contributed by atoms with Crippen LogP contribution in [-0.2, 0) is 0 Å². The van der Waals surface area contributed by atoms with Gasteiger partial charge in [-0.2, -0.15) is 4.98 Å². The van der Waals surface area contributed by atoms with Gasteiger partial charge in [-0.3, -0.25) is 4.98 Å². The molecule has 0 aliphatic carbocycles. The second kappa shape index (κ2) is 10.2. The van der Waals surface area contributed by atoms with Gasteiger partial charge in [0.05, 0.1) is 19.7 Å². The molecule has 0 atom stereocenters. The highest BCUT2D eigenvalue weighted by molar-refractivity contribution is 6.31. The minimum atomic E-state index is -0.896. The number of nitrogens with zero attached hydrogens (tertiary/aromatic N) is 5. The van der Waals surface area contributed by atoms with Crippen molar-refractivity contribution < 1.29 is 18.3 Å². The Hall–Kier alpha value is -3.92. The van der Waals surface area contributed by atoms with E-state index in [1.807, 2.05) is 30.3 Å². The summed E-state index contributed by atoms with van der Waals surface area (Å²) >= 11 is 6.14. The van der Waals surface area contributed by atoms with E-state index in [1.54, 1.807) is 13.1 Å². The van der Waals surface area contributed by atoms with Crippen molar-refractivity contribution in [3.05, 3.63) is 64.9 Å². The third kappa shape index (κ3) is 4.89. The van der Waals surface area contributed by atoms with Crippen molar-refractivity contribution in [1.82, 2.24) is 15.0 Å². The molecule has 4 aromatic rings. The molecule has 1 saturated heterocycles. The fourth-order valence-electron chi connectivity index (χ4n) is 4.44. The Bertz CT molecular complexity index is 1430. The summed E-state index contributed by atoms with van der Waals surface area (Å²) in [6, 6.07) is 10.7. The first kappa shape index (κ1) is 24.8. The molecule has 2 aromatic heterocycles. The maximum atomic E-state index is 14.9. The van der Waals surface area contributed by atoms with Crippen LogP contribution >= 0.6 is 11.6 Å². The average Bonchev–Trinajstić information content (AvgIpc) is 2.90. The smallest absolute Gasteiger partial charge is 0.229 e. The van der Waals surface area contributed by atoms with E-state index in [0.29, 0.717) is 29.6 Å². The van der Waals surface area contributed by atoms with Gasteiger partial charge in [0, 0.05) is 66.3 Å². The van der Waals surface area contributed by atoms with Gasteiger partial charge in [-0.05, 0) is 31.2 Å². The molecule has 1 N–H and O–H groups in total. The number of halogens is 3. The van der Waals surface area contributed by atoms with Crippen molar-refractivity contribution in [2.45, 2.75) is 6.92 Å². The van der Waals surface area contributed by atoms with Crippen LogP contribution in [0.5, 0.6) is 11.5 Å². The van der Waals surface area contributed by atoms with E-state index < -0.39 is 17.3 Å². The van der Waals surface area contributed by atoms with Crippen molar-refractivity contribution >= 4 is 45.6 Å². The SMILES string of the molecule is COc1cc(OC)c(F)c(Nc2nc(C)cc(N3CCN(c4ccnc5cc(Cl)ccc45)CC3)n2)c1F. The number of aromatic nitrogens is 3. The quantitative estimate of drug-likeness (QED) is 0.360. The van der Waals surface area contributed by atoms with E-state index >= 15 is 0 Å². The minimum Gasteiger partial charge on any atom is -0.493 e. The Kier molecular flexibility index (Phi) is 6.84. The maximum Gasteiger partial charge on any atom is 0.229 e. The van der Waals surface area contributed by atoms with E-state index in [1.165, 1.54) is 14.2 Å². The lowest BCUT2D eigenvalue weighted by atomic mass is 10.1. The number of piperazine rings is 1. The molecule has 0 radical (unpaired) electrons. The molecule has 1 aliphatic rings. The summed E-state index contributed by atoms with van der Waals surface area (Å²) in [4.78, 5) is 17.7. The Morgan fingerprint density at radius 2 is 1.57 bits per heavy atom. The molecular weight excluding hydrogens is 502 g/mol. The topological polar surface area (TPSA) is 75.6 Å². The molecule has 2 aromatic carbocycles. The van der Waals surface area contributed by atoms with Crippen LogP contribution in [0.2, 0.25) is 5.02 Å². The Labute approximate surface area is 217 Å². The van der Waals surface area contributed by atoms with Crippen LogP contribution in [0.25, 0.3) is 10.9 Å². The first-order valence-corrected chi connectivity index (χ1v) is 12.0. The molecule has 37 heavy (non-hydrogen) atoms. The largest absolute Gasteiger partial charge is 0.493 e. The first-order valence-electron chi connectivity index (χ1n) is 11.6. The number of pyridine rings is 1. The molecule has 8 nitrogen and oxygen atoms in total. The Morgan fingerprint density at radius 1 is 0.892 bits per heavy atom. The third-order valence-corrected chi connectivity index (χ3v) is 6.51. The second-order valence-electron chi connectivity index (χ2n) is 8.57. The summed E-state index contributed by atoms with van der Waals surface area (Å²) in [5.41, 5.74) is 2.16. The number of rotatable bonds is 6. The van der Waals surface area contributed by atoms with E-state index in [9.17, 15) is 8.78 Å². The number of hydrogen-bond acceptors (Lipinski definition) is 8. The number of nitrogens with one attached hydrogen (secondary N) is 1. The van der Waals surface area contributed by atoms with E-state index in [2.05, 4.69) is 30.1 Å². The van der Waals surface area contributed by atoms with Gasteiger partial charge in [-0.15, -0.1) is 0 Å². The van der Waals surface area contributed by atoms with Crippen LogP contribution in [0.15, 0.2) is 42.6 Å². The molecule has 192 valence electrons. The van der Waals surface area contributed by atoms with Crippen LogP contribution in [0.1, 0.15) is 5.69 Å². The van der Waals surface area contributed by atoms with Crippen LogP contribution in [0.4, 0.5) is 31.9 Å². The van der Waals surface area contributed by atoms with Crippen LogP contribution in [0, 0.1) is 18.6 Å². The number of hydrogen-bond donors (Lipinski definition) is 1. The molecule has 11 heteroatoms. The van der Waals surface area contributed by atoms with Crippen molar-refractivity contribution in [2.75, 3.05) is 55.5 Å². The summed E-state index contributed by atoms with van der Waals surface area (Å²) in [5, 5.41) is 4.38. The number of benzene rings is 2. The average molecular weight is 527 g/mol. The van der Waals surface area contributed by atoms with Gasteiger partial charge in [-0.25, -0.2) is 13.8 Å². The van der Waals surface area contributed by atoms with Crippen LogP contribution in [0.3, 0.4) is 0 Å². The zero-order valence-corrected chi connectivity index (χ0v) is 21.3. The van der Waals surface area contributed by atoms with Gasteiger partial charge in [0.25, 0.3) is 0 Å². The number of fused-ring (bicyclic) bond motifs is 1. The molecule has 0 amide bonds. The third-order valence-electron chi connectivity index (χ3n) is 6.28. The Balaban J connectivity index is 1.37. The monoisotopic (exact) mass is 526 g/mol. The summed E-state index contributed by atoms with van der Waals surface area (Å²) in [5.74, 6) is -1.37. The van der Waals surface area contributed by atoms with Gasteiger partial charge in [0.15, 0.2) is 23.1 Å². The van der Waals surface area contributed by atoms with Crippen molar-refractivity contribution in [2.24, 2.45) is 0 Å². The second-order valence-corrected chi connectivity index (χ2v) is 9.00. The van der Waals surface area contributed by atoms with Crippen LogP contribution < -0.4 is 24.6 Å². The Morgan fingerprint density at radius 3 is 2.24 bits per heavy atom. The molecule has 5 rings (SSSR count). The number of aryl methyl sites for hydroxylation is 1. The molecular formula is C26H25ClF2N6O2. The van der Waals surface area contributed by atoms with Crippen molar-refractivity contribution in [3.63, 3.8) is 0 Å². The summed E-state index contributed by atoms with van der Waals surface area (Å²) in [7, 11) is 2.59. The first-order chi connectivity index (χ1) is 17.9. The lowest BCUT2D eigenvalue weighted by molar-refractivity contribution is 0.360. The fourth-order valence-corrected chi connectivity index (χ4v) is 4.60. The van der Waals surface area contributed by atoms with Crippen molar-refractivity contribution in [3.8, 4) is 11.5 Å². The molecule has 0 saturated carbocycles. The summed E-state index contributed by atoms with van der Waals surface area (Å²) in [6.45, 7) is 4.71. The lowest BCUT2D eigenvalue weighted by Crippen LogP contribution is -2.47. The standard InChI is InChI=1S/C26H25ClF2N6O2/c1-15-12-22(32-26(31-15)33-25-23(28)20(36-2)14-21(37-3)24(25)29)35-10-8-34(9-11-35)19-6-7-30-18-13-16(27)4-5-17(18)19/h4-7,12-14H,8-11H2,1-3H3,(H,31,32,33). The van der Waals surface area contributed by atoms with E-state index in [0.717, 1.165) is 35.7 Å². The van der Waals surface area contributed by atoms with Crippen LogP contribution in [-0.4, -0.2) is 55.4 Å². The molecule has 0 bridgehead atoms. The zero-order chi connectivity index (χ0) is 26.1. The predicted octanol–water partition coefficient (Wildman–Crippen LogP) is 5.35. The van der Waals surface area contributed by atoms with E-state index in [-0.39, 0.29) is 17.4 Å². The maximum absolute atomic E-state index is 14.9. The van der Waals surface area contributed by atoms with Gasteiger partial charge < -0.3 is 24.6 Å². The predicted molar refractivity (Wildman–Crippen MR) is 141 cm³/mol. The van der Waals surface area contributed by atoms with Crippen molar-refractivity contribution in [1.29, 1.82) is 0 Å². The summed E-state index contributed by atoms with van der Waals surface area (Å²) < 4.78 is 39.8. The highest BCUT2D eigenvalue weighted by Gasteiger charge is 2.23. The lowest BCUT2D eigenvalue weighted by Gasteiger charge is -2.37. The summed E-state index contributed by atoms with van der Waals surface area (Å²) in [6.07, 6.45) is 1.79. The minimum absolute atomic E-state index is 0.0718. The fraction of sp³-hybridized carbons (Fsp3) is 0.269. The molecule has 0 spiro atoms. The number of anilines is 4. The van der Waals surface area contributed by atoms with Gasteiger partial charge >= 0.3 is 0 Å². The number of ether oxygens (including phenoxy) is 2. The normalized spacial score (nSPS) is 13.7. The highest BCUT2D eigenvalue weighted by Crippen LogP contribution is 2.36. The molecule has 1 fully saturated rings.